The van der Waals surface area contributed by atoms with Crippen molar-refractivity contribution in [3.8, 4) is 28.3 Å². The van der Waals surface area contributed by atoms with Crippen LogP contribution in [0.4, 0.5) is 0 Å². The standard InChI is InChI=1S/C31H22N3O.C17H22GeN.Ir/c1-4-8-21(5-2)22-12-14-23(15-13-22)34-27-10-7-6-9-26(27)33-31(34)25-17-18-32-29-24-16-11-20(3)19-28(24)35-30(25)29;1-13(2)15-11-17(14-9-7-6-8-10-14)19-12-16(15)18(3,4)5;/h4,6-16,18-19H,2H2,1,3H3;6-9,11-13H,1-5H3;/q2*-1;/b8-4-;;. The Morgan fingerprint density at radius 2 is 1.69 bits per heavy atom. The molecule has 0 atom stereocenters. The van der Waals surface area contributed by atoms with Gasteiger partial charge < -0.3 is 8.98 Å². The third kappa shape index (κ3) is 8.15. The number of pyridine rings is 2. The summed E-state index contributed by atoms with van der Waals surface area (Å²) >= 11 is -1.85. The van der Waals surface area contributed by atoms with E-state index >= 15 is 0 Å². The first-order valence-corrected chi connectivity index (χ1v) is 25.7. The zero-order valence-corrected chi connectivity index (χ0v) is 36.9. The van der Waals surface area contributed by atoms with E-state index in [2.05, 4.69) is 138 Å². The van der Waals surface area contributed by atoms with E-state index in [1.54, 1.807) is 6.20 Å². The molecule has 5 nitrogen and oxygen atoms in total. The molecule has 0 aliphatic rings. The van der Waals surface area contributed by atoms with Crippen LogP contribution >= 0.6 is 0 Å². The molecule has 55 heavy (non-hydrogen) atoms. The number of aromatic nitrogens is 4. The quantitative estimate of drug-likeness (QED) is 0.0691. The van der Waals surface area contributed by atoms with Crippen LogP contribution in [0.2, 0.25) is 17.3 Å². The van der Waals surface area contributed by atoms with Gasteiger partial charge in [0.1, 0.15) is 5.58 Å². The van der Waals surface area contributed by atoms with Crippen LogP contribution in [0, 0.1) is 19.1 Å². The third-order valence-corrected chi connectivity index (χ3v) is 13.8. The number of nitrogens with zero attached hydrogens (tertiary/aromatic N) is 4. The summed E-state index contributed by atoms with van der Waals surface area (Å²) in [6, 6.07) is 39.5. The Balaban J connectivity index is 0.000000219. The second kappa shape index (κ2) is 16.7. The summed E-state index contributed by atoms with van der Waals surface area (Å²) in [5.74, 6) is 8.59. The van der Waals surface area contributed by atoms with Gasteiger partial charge in [0.2, 0.25) is 0 Å². The van der Waals surface area contributed by atoms with Crippen molar-refractivity contribution in [2.24, 2.45) is 0 Å². The van der Waals surface area contributed by atoms with E-state index in [1.165, 1.54) is 9.96 Å². The van der Waals surface area contributed by atoms with E-state index in [0.717, 1.165) is 72.6 Å². The number of hydrogen-bond donors (Lipinski definition) is 0. The van der Waals surface area contributed by atoms with E-state index in [9.17, 15) is 0 Å². The van der Waals surface area contributed by atoms with Gasteiger partial charge in [-0.15, -0.1) is 17.4 Å². The van der Waals surface area contributed by atoms with Crippen LogP contribution < -0.4 is 4.40 Å². The normalized spacial score (nSPS) is 11.5. The minimum Gasteiger partial charge on any atom is 0 e. The molecule has 0 aliphatic heterocycles. The summed E-state index contributed by atoms with van der Waals surface area (Å²) in [4.78, 5) is 14.3. The second-order valence-electron chi connectivity index (χ2n) is 14.8. The Morgan fingerprint density at radius 1 is 0.927 bits per heavy atom. The molecule has 8 aromatic rings. The maximum Gasteiger partial charge on any atom is 0 e. The Labute approximate surface area is 340 Å². The van der Waals surface area contributed by atoms with Gasteiger partial charge >= 0.3 is 119 Å². The second-order valence-corrected chi connectivity index (χ2v) is 25.4. The molecule has 0 spiro atoms. The number of furan rings is 1. The molecule has 0 aliphatic carbocycles. The van der Waals surface area contributed by atoms with Crippen molar-refractivity contribution < 1.29 is 24.5 Å². The molecule has 4 aromatic carbocycles. The minimum atomic E-state index is -1.85. The summed E-state index contributed by atoms with van der Waals surface area (Å²) in [5.41, 5.74) is 15.7. The van der Waals surface area contributed by atoms with Gasteiger partial charge in [-0.2, -0.15) is 0 Å². The van der Waals surface area contributed by atoms with Gasteiger partial charge in [0.15, 0.2) is 0 Å². The van der Waals surface area contributed by atoms with Crippen molar-refractivity contribution in [1.82, 2.24) is 19.5 Å². The molecule has 0 N–H and O–H groups in total. The first kappa shape index (κ1) is 39.6. The van der Waals surface area contributed by atoms with Crippen molar-refractivity contribution in [3.63, 3.8) is 0 Å². The average molecular weight is 958 g/mol. The van der Waals surface area contributed by atoms with Crippen LogP contribution in [-0.2, 0) is 20.1 Å². The van der Waals surface area contributed by atoms with Gasteiger partial charge in [-0.3, -0.25) is 9.97 Å². The number of fused-ring (bicyclic) bond motifs is 4. The van der Waals surface area contributed by atoms with Crippen LogP contribution in [-0.4, -0.2) is 32.8 Å². The topological polar surface area (TPSA) is 56.7 Å². The molecular weight excluding hydrogens is 913 g/mol. The molecule has 0 saturated carbocycles. The Bertz CT molecular complexity index is 2690. The fraction of sp³-hybridized carbons (Fsp3) is 0.167. The van der Waals surface area contributed by atoms with Crippen LogP contribution in [0.25, 0.3) is 67.0 Å². The first-order valence-electron chi connectivity index (χ1n) is 18.4. The van der Waals surface area contributed by atoms with E-state index in [1.807, 2.05) is 61.5 Å². The number of rotatable bonds is 7. The van der Waals surface area contributed by atoms with Crippen LogP contribution in [0.15, 0.2) is 138 Å². The summed E-state index contributed by atoms with van der Waals surface area (Å²) in [7, 11) is 0. The molecule has 0 unspecified atom stereocenters. The number of imidazole rings is 1. The van der Waals surface area contributed by atoms with Gasteiger partial charge in [-0.25, -0.2) is 0 Å². The van der Waals surface area contributed by atoms with E-state index < -0.39 is 13.3 Å². The van der Waals surface area contributed by atoms with E-state index in [0.29, 0.717) is 11.5 Å². The van der Waals surface area contributed by atoms with Crippen molar-refractivity contribution in [1.29, 1.82) is 0 Å². The van der Waals surface area contributed by atoms with Crippen molar-refractivity contribution in [2.45, 2.75) is 50.9 Å². The number of para-hydroxylation sites is 2. The third-order valence-electron chi connectivity index (χ3n) is 9.54. The van der Waals surface area contributed by atoms with Crippen molar-refractivity contribution in [2.75, 3.05) is 0 Å². The van der Waals surface area contributed by atoms with Gasteiger partial charge in [0.25, 0.3) is 0 Å². The molecule has 0 amide bonds. The van der Waals surface area contributed by atoms with Gasteiger partial charge in [-0.1, -0.05) is 49.1 Å². The molecule has 8 rings (SSSR count). The summed E-state index contributed by atoms with van der Waals surface area (Å²) in [5, 5.41) is 0.987. The molecule has 7 heteroatoms. The fourth-order valence-corrected chi connectivity index (χ4v) is 10.3. The number of allylic oxidation sites excluding steroid dienone is 3. The first-order chi connectivity index (χ1) is 26.1. The van der Waals surface area contributed by atoms with Crippen molar-refractivity contribution in [3.05, 3.63) is 163 Å². The predicted molar refractivity (Wildman–Crippen MR) is 228 cm³/mol. The summed E-state index contributed by atoms with van der Waals surface area (Å²) in [6.45, 7) is 12.4. The number of benzene rings is 4. The van der Waals surface area contributed by atoms with Gasteiger partial charge in [0, 0.05) is 42.6 Å². The molecule has 277 valence electrons. The van der Waals surface area contributed by atoms with Gasteiger partial charge in [0.05, 0.1) is 22.1 Å². The SMILES string of the molecule is C=C=C(/C=C\C)c1ccc(-n2c(-c3[c-]cnc4c3oc3cc(C)ccc34)nc3ccccc32)cc1.CC(C)c1cc(-c2[c-]cccc2)nc[c]1[Ge]([CH3])([CH3])[CH3].[Ir]. The minimum absolute atomic E-state index is 0. The molecule has 4 heterocycles. The van der Waals surface area contributed by atoms with Crippen LogP contribution in [0.1, 0.15) is 43.4 Å². The van der Waals surface area contributed by atoms with E-state index in [-0.39, 0.29) is 20.1 Å². The molecule has 0 fully saturated rings. The van der Waals surface area contributed by atoms with Crippen LogP contribution in [0.3, 0.4) is 0 Å². The van der Waals surface area contributed by atoms with E-state index in [4.69, 9.17) is 9.40 Å². The molecule has 0 saturated heterocycles. The zero-order valence-electron chi connectivity index (χ0n) is 32.4. The number of hydrogen-bond acceptors (Lipinski definition) is 4. The van der Waals surface area contributed by atoms with Crippen LogP contribution in [0.5, 0.6) is 0 Å². The van der Waals surface area contributed by atoms with Crippen molar-refractivity contribution >= 4 is 56.3 Å². The largest absolute Gasteiger partial charge is 0 e. The average Bonchev–Trinajstić information content (AvgIpc) is 3.75. The molecule has 0 bridgehead atoms. The predicted octanol–water partition coefficient (Wildman–Crippen LogP) is 12.1. The smallest absolute Gasteiger partial charge is 0 e. The summed E-state index contributed by atoms with van der Waals surface area (Å²) < 4.78 is 10.00. The Hall–Kier alpha value is -5.10. The molecule has 1 radical (unpaired) electrons. The Kier molecular flexibility index (Phi) is 12.0. The fourth-order valence-electron chi connectivity index (χ4n) is 6.83. The number of aryl methyl sites for hydroxylation is 1. The maximum absolute atomic E-state index is 6.32. The summed E-state index contributed by atoms with van der Waals surface area (Å²) in [6.07, 6.45) is 7.82. The maximum atomic E-state index is 6.32. The Morgan fingerprint density at radius 3 is 2.38 bits per heavy atom. The molecule has 4 aromatic heterocycles. The zero-order chi connectivity index (χ0) is 38.0. The molecular formula is C48H44GeIrN4O-2. The van der Waals surface area contributed by atoms with Gasteiger partial charge in [-0.05, 0) is 67.6 Å². The monoisotopic (exact) mass is 959 g/mol.